The van der Waals surface area contributed by atoms with Gasteiger partial charge >= 0.3 is 6.03 Å². The van der Waals surface area contributed by atoms with Crippen LogP contribution < -0.4 is 14.8 Å². The summed E-state index contributed by atoms with van der Waals surface area (Å²) in [7, 11) is 2.94. The van der Waals surface area contributed by atoms with Gasteiger partial charge in [-0.05, 0) is 68.7 Å². The average molecular weight is 787 g/mol. The molecule has 3 aromatic carbocycles. The number of urea groups is 1. The second-order valence-corrected chi connectivity index (χ2v) is 15.3. The number of benzene rings is 3. The lowest BCUT2D eigenvalue weighted by Gasteiger charge is -2.39. The van der Waals surface area contributed by atoms with Crippen molar-refractivity contribution in [2.75, 3.05) is 41.1 Å². The van der Waals surface area contributed by atoms with E-state index in [-0.39, 0.29) is 38.3 Å². The van der Waals surface area contributed by atoms with Crippen LogP contribution >= 0.6 is 8.53 Å². The smallest absolute Gasteiger partial charge is 0.326 e. The second-order valence-electron chi connectivity index (χ2n) is 13.9. The number of imide groups is 1. The minimum Gasteiger partial charge on any atom is -0.497 e. The molecule has 0 aromatic heterocycles. The van der Waals surface area contributed by atoms with Gasteiger partial charge in [0.05, 0.1) is 39.9 Å². The molecule has 3 amide bonds. The summed E-state index contributed by atoms with van der Waals surface area (Å²) < 4.78 is 46.6. The number of methoxy groups -OCH3 is 3. The first-order valence-corrected chi connectivity index (χ1v) is 19.6. The van der Waals surface area contributed by atoms with Gasteiger partial charge in [-0.1, -0.05) is 60.5 Å². The topological polar surface area (TPSA) is 141 Å². The number of ether oxygens (including phenoxy) is 5. The van der Waals surface area contributed by atoms with E-state index in [1.54, 1.807) is 14.2 Å². The van der Waals surface area contributed by atoms with Crippen LogP contribution in [0.2, 0.25) is 0 Å². The Bertz CT molecular complexity index is 1780. The fraction of sp³-hybridized carbons (Fsp3) is 0.452. The number of carbonyl (C=O) groups excluding carboxylic acids is 2. The Morgan fingerprint density at radius 3 is 1.98 bits per heavy atom. The molecule has 13 nitrogen and oxygen atoms in total. The molecule has 14 heteroatoms. The zero-order valence-corrected chi connectivity index (χ0v) is 33.8. The zero-order chi connectivity index (χ0) is 40.4. The minimum atomic E-state index is -1.80. The van der Waals surface area contributed by atoms with Crippen molar-refractivity contribution in [1.29, 1.82) is 5.26 Å². The van der Waals surface area contributed by atoms with Crippen LogP contribution in [0.4, 0.5) is 4.79 Å². The van der Waals surface area contributed by atoms with Crippen LogP contribution in [0.1, 0.15) is 50.8 Å². The third kappa shape index (κ3) is 9.18. The van der Waals surface area contributed by atoms with Crippen molar-refractivity contribution in [3.63, 3.8) is 0 Å². The Labute approximate surface area is 331 Å². The van der Waals surface area contributed by atoms with Crippen LogP contribution in [0.15, 0.2) is 78.9 Å². The quantitative estimate of drug-likeness (QED) is 0.0681. The predicted molar refractivity (Wildman–Crippen MR) is 210 cm³/mol. The largest absolute Gasteiger partial charge is 0.497 e. The monoisotopic (exact) mass is 786 g/mol. The van der Waals surface area contributed by atoms with Gasteiger partial charge in [-0.15, -0.1) is 6.42 Å². The summed E-state index contributed by atoms with van der Waals surface area (Å²) in [5, 5.41) is 11.7. The van der Waals surface area contributed by atoms with E-state index in [1.165, 1.54) is 12.0 Å². The van der Waals surface area contributed by atoms with Crippen LogP contribution in [0, 0.1) is 29.6 Å². The van der Waals surface area contributed by atoms with Crippen LogP contribution in [0.5, 0.6) is 11.5 Å². The number of hydrogen-bond acceptors (Lipinski definition) is 11. The first-order chi connectivity index (χ1) is 27.0. The molecule has 56 heavy (non-hydrogen) atoms. The van der Waals surface area contributed by atoms with E-state index in [2.05, 4.69) is 22.0 Å². The maximum atomic E-state index is 13.4. The van der Waals surface area contributed by atoms with E-state index in [9.17, 15) is 14.9 Å². The average Bonchev–Trinajstić information content (AvgIpc) is 3.55. The highest BCUT2D eigenvalue weighted by atomic mass is 31.2. The Balaban J connectivity index is 1.63. The highest BCUT2D eigenvalue weighted by Crippen LogP contribution is 2.50. The summed E-state index contributed by atoms with van der Waals surface area (Å²) >= 11 is 0. The van der Waals surface area contributed by atoms with Crippen molar-refractivity contribution in [3.8, 4) is 29.9 Å². The summed E-state index contributed by atoms with van der Waals surface area (Å²) in [6, 6.07) is 26.7. The van der Waals surface area contributed by atoms with Crippen LogP contribution in [0.25, 0.3) is 0 Å². The molecule has 3 aromatic rings. The Kier molecular flexibility index (Phi) is 14.9. The second kappa shape index (κ2) is 19.5. The zero-order valence-electron chi connectivity index (χ0n) is 32.9. The summed E-state index contributed by atoms with van der Waals surface area (Å²) in [6.07, 6.45) is 2.24. The molecule has 2 unspecified atom stereocenters. The molecule has 0 aliphatic carbocycles. The summed E-state index contributed by atoms with van der Waals surface area (Å²) in [6.45, 7) is 8.16. The molecule has 2 aliphatic rings. The molecule has 2 aliphatic heterocycles. The Hall–Kier alpha value is -4.56. The van der Waals surface area contributed by atoms with Crippen LogP contribution in [-0.4, -0.2) is 99.2 Å². The number of carbonyl (C=O) groups is 2. The number of amides is 3. The molecule has 1 N–H and O–H groups in total. The standard InChI is InChI=1S/C42H51N4O9P/c1-9-30-26-45(41(48)44-39(30)47)40-38(51-8)37(55-56(53-25-13-24-43)46(28(2)3)29(4)5)36(54-40)27-52-42(31-14-11-10-12-15-31,32-16-20-34(49-6)21-17-32)33-18-22-35(50-7)23-19-33/h1,10-12,14-23,28-30,36-38,40H,13,25-27H2,2-8H3,(H,44,47,48)/t30?,36-,37-,38-,40-,56?/m1/s1. The van der Waals surface area contributed by atoms with E-state index in [1.807, 2.05) is 107 Å². The van der Waals surface area contributed by atoms with Gasteiger partial charge < -0.3 is 32.7 Å². The van der Waals surface area contributed by atoms with Gasteiger partial charge in [0.25, 0.3) is 8.53 Å². The third-order valence-corrected chi connectivity index (χ3v) is 11.9. The van der Waals surface area contributed by atoms with Gasteiger partial charge in [-0.2, -0.15) is 5.26 Å². The molecule has 6 atom stereocenters. The molecule has 0 spiro atoms. The third-order valence-electron chi connectivity index (χ3n) is 9.76. The molecule has 5 rings (SSSR count). The predicted octanol–water partition coefficient (Wildman–Crippen LogP) is 6.21. The fourth-order valence-electron chi connectivity index (χ4n) is 7.13. The molecule has 0 bridgehead atoms. The molecule has 0 saturated carbocycles. The minimum absolute atomic E-state index is 0.00292. The van der Waals surface area contributed by atoms with E-state index in [0.717, 1.165) is 16.7 Å². The highest BCUT2D eigenvalue weighted by Gasteiger charge is 2.54. The van der Waals surface area contributed by atoms with Crippen LogP contribution in [-0.2, 0) is 33.7 Å². The maximum Gasteiger partial charge on any atom is 0.326 e. The Morgan fingerprint density at radius 1 is 0.911 bits per heavy atom. The normalized spacial score (nSPS) is 21.9. The summed E-state index contributed by atoms with van der Waals surface area (Å²) in [5.41, 5.74) is 1.25. The van der Waals surface area contributed by atoms with E-state index in [0.29, 0.717) is 11.5 Å². The van der Waals surface area contributed by atoms with E-state index >= 15 is 0 Å². The van der Waals surface area contributed by atoms with Crippen molar-refractivity contribution < 1.29 is 42.3 Å². The number of nitriles is 1. The van der Waals surface area contributed by atoms with Crippen LogP contribution in [0.3, 0.4) is 0 Å². The Morgan fingerprint density at radius 2 is 1.48 bits per heavy atom. The molecular formula is C42H51N4O9P. The number of nitrogens with zero attached hydrogens (tertiary/aromatic N) is 3. The van der Waals surface area contributed by atoms with Gasteiger partial charge in [0, 0.05) is 25.7 Å². The molecule has 2 saturated heterocycles. The molecule has 2 heterocycles. The van der Waals surface area contributed by atoms with Crippen molar-refractivity contribution in [3.05, 3.63) is 95.6 Å². The number of rotatable bonds is 18. The highest BCUT2D eigenvalue weighted by molar-refractivity contribution is 7.44. The van der Waals surface area contributed by atoms with Crippen molar-refractivity contribution in [2.45, 2.75) is 76.3 Å². The van der Waals surface area contributed by atoms with Gasteiger partial charge in [0.15, 0.2) is 6.23 Å². The lowest BCUT2D eigenvalue weighted by molar-refractivity contribution is -0.132. The molecule has 0 radical (unpaired) electrons. The van der Waals surface area contributed by atoms with E-state index in [4.69, 9.17) is 39.2 Å². The number of nitrogens with one attached hydrogen (secondary N) is 1. The van der Waals surface area contributed by atoms with Crippen molar-refractivity contribution in [1.82, 2.24) is 14.9 Å². The molecular weight excluding hydrogens is 735 g/mol. The van der Waals surface area contributed by atoms with Gasteiger partial charge in [0.1, 0.15) is 41.3 Å². The first kappa shape index (κ1) is 42.6. The lowest BCUT2D eigenvalue weighted by Crippen LogP contribution is -2.60. The number of hydrogen-bond donors (Lipinski definition) is 1. The lowest BCUT2D eigenvalue weighted by atomic mass is 9.80. The SMILES string of the molecule is C#CC1CN([C@@H]2O[C@H](COC(c3ccccc3)(c3ccc(OC)cc3)c3ccc(OC)cc3)[C@@H](OP(OCCC#N)N(C(C)C)C(C)C)[C@H]2OC)C(=O)NC1=O. The number of terminal acetylenes is 1. The summed E-state index contributed by atoms with van der Waals surface area (Å²) in [5.74, 6) is 2.37. The van der Waals surface area contributed by atoms with Crippen molar-refractivity contribution >= 4 is 20.5 Å². The van der Waals surface area contributed by atoms with Gasteiger partial charge in [-0.25, -0.2) is 9.46 Å². The fourth-order valence-corrected chi connectivity index (χ4v) is 8.89. The van der Waals surface area contributed by atoms with E-state index < -0.39 is 56.5 Å². The van der Waals surface area contributed by atoms with Gasteiger partial charge in [0.2, 0.25) is 5.91 Å². The molecule has 2 fully saturated rings. The van der Waals surface area contributed by atoms with Crippen molar-refractivity contribution in [2.24, 2.45) is 5.92 Å². The maximum absolute atomic E-state index is 13.4. The van der Waals surface area contributed by atoms with Gasteiger partial charge in [-0.3, -0.25) is 15.0 Å². The summed E-state index contributed by atoms with van der Waals surface area (Å²) in [4.78, 5) is 27.4. The first-order valence-electron chi connectivity index (χ1n) is 18.5. The molecule has 298 valence electrons.